The van der Waals surface area contributed by atoms with Crippen LogP contribution in [0.3, 0.4) is 0 Å². The summed E-state index contributed by atoms with van der Waals surface area (Å²) >= 11 is 0. The Hall–Kier alpha value is -3.56. The Morgan fingerprint density at radius 3 is 2.19 bits per heavy atom. The van der Waals surface area contributed by atoms with E-state index in [4.69, 9.17) is 5.11 Å². The van der Waals surface area contributed by atoms with Crippen molar-refractivity contribution in [3.8, 4) is 28.6 Å². The summed E-state index contributed by atoms with van der Waals surface area (Å²) in [6.45, 7) is 0. The lowest BCUT2D eigenvalue weighted by molar-refractivity contribution is -0.274. The number of nitrogens with zero attached hydrogens (tertiary/aromatic N) is 3. The normalized spacial score (nSPS) is 11.2. The molecule has 26 heavy (non-hydrogen) atoms. The molecule has 1 heterocycles. The van der Waals surface area contributed by atoms with Crippen LogP contribution in [0, 0.1) is 0 Å². The van der Waals surface area contributed by atoms with E-state index in [1.54, 1.807) is 12.1 Å². The van der Waals surface area contributed by atoms with E-state index in [0.29, 0.717) is 17.1 Å². The molecule has 0 fully saturated rings. The number of halogens is 3. The fraction of sp³-hybridized carbons (Fsp3) is 0.0625. The molecule has 0 bridgehead atoms. The molecule has 0 saturated carbocycles. The summed E-state index contributed by atoms with van der Waals surface area (Å²) in [5.41, 5.74) is 1.10. The highest BCUT2D eigenvalue weighted by Gasteiger charge is 2.30. The van der Waals surface area contributed by atoms with Crippen molar-refractivity contribution in [3.63, 3.8) is 0 Å². The molecule has 0 atom stereocenters. The fourth-order valence-corrected chi connectivity index (χ4v) is 2.09. The number of carbonyl (C=O) groups is 1. The lowest BCUT2D eigenvalue weighted by Crippen LogP contribution is -2.17. The summed E-state index contributed by atoms with van der Waals surface area (Å²) < 4.78 is 46.2. The highest BCUT2D eigenvalue weighted by molar-refractivity contribution is 5.62. The van der Waals surface area contributed by atoms with Crippen molar-refractivity contribution in [1.29, 1.82) is 0 Å². The van der Waals surface area contributed by atoms with Crippen LogP contribution in [0.4, 0.5) is 18.0 Å². The first-order valence-electron chi connectivity index (χ1n) is 7.09. The van der Waals surface area contributed by atoms with E-state index in [9.17, 15) is 18.0 Å². The number of aromatic nitrogens is 3. The van der Waals surface area contributed by atoms with Gasteiger partial charge in [-0.1, -0.05) is 0 Å². The molecule has 0 unspecified atom stereocenters. The quantitative estimate of drug-likeness (QED) is 0.558. The van der Waals surface area contributed by atoms with Crippen molar-refractivity contribution in [2.24, 2.45) is 0 Å². The van der Waals surface area contributed by atoms with Crippen LogP contribution in [-0.2, 0) is 0 Å². The maximum Gasteiger partial charge on any atom is 0.573 e. The molecule has 1 N–H and O–H groups in total. The van der Waals surface area contributed by atoms with Crippen LogP contribution in [0.2, 0.25) is 0 Å². The van der Waals surface area contributed by atoms with Gasteiger partial charge in [0.1, 0.15) is 17.8 Å². The largest absolute Gasteiger partial charge is 0.573 e. The minimum atomic E-state index is -4.75. The molecule has 0 spiro atoms. The van der Waals surface area contributed by atoms with Gasteiger partial charge in [0, 0.05) is 5.56 Å². The number of rotatable bonds is 4. The molecule has 2 aromatic carbocycles. The molecule has 0 radical (unpaired) electrons. The van der Waals surface area contributed by atoms with Crippen LogP contribution in [0.5, 0.6) is 11.5 Å². The number of hydrogen-bond donors (Lipinski definition) is 1. The summed E-state index contributed by atoms with van der Waals surface area (Å²) in [7, 11) is 0. The first-order chi connectivity index (χ1) is 12.3. The Labute approximate surface area is 144 Å². The van der Waals surface area contributed by atoms with Crippen molar-refractivity contribution in [3.05, 3.63) is 54.9 Å². The van der Waals surface area contributed by atoms with Gasteiger partial charge in [-0.3, -0.25) is 0 Å². The molecule has 7 nitrogen and oxygen atoms in total. The third-order valence-electron chi connectivity index (χ3n) is 3.14. The zero-order chi connectivity index (χ0) is 18.7. The predicted octanol–water partition coefficient (Wildman–Crippen LogP) is 3.89. The number of hydrogen-bond acceptors (Lipinski definition) is 5. The monoisotopic (exact) mass is 365 g/mol. The average molecular weight is 365 g/mol. The van der Waals surface area contributed by atoms with Crippen molar-refractivity contribution >= 4 is 6.16 Å². The van der Waals surface area contributed by atoms with E-state index in [0.717, 1.165) is 0 Å². The van der Waals surface area contributed by atoms with Crippen LogP contribution < -0.4 is 9.47 Å². The van der Waals surface area contributed by atoms with Crippen molar-refractivity contribution in [2.75, 3.05) is 0 Å². The summed E-state index contributed by atoms with van der Waals surface area (Å²) in [5, 5.41) is 12.8. The molecule has 10 heteroatoms. The Morgan fingerprint density at radius 1 is 1.00 bits per heavy atom. The summed E-state index contributed by atoms with van der Waals surface area (Å²) in [5.74, 6) is 0.166. The van der Waals surface area contributed by atoms with E-state index >= 15 is 0 Å². The average Bonchev–Trinajstić information content (AvgIpc) is 3.04. The van der Waals surface area contributed by atoms with Crippen LogP contribution in [0.15, 0.2) is 54.9 Å². The van der Waals surface area contributed by atoms with Gasteiger partial charge in [0.05, 0.1) is 5.69 Å². The molecule has 0 aliphatic rings. The fourth-order valence-electron chi connectivity index (χ4n) is 2.09. The van der Waals surface area contributed by atoms with Gasteiger partial charge in [0.15, 0.2) is 5.82 Å². The van der Waals surface area contributed by atoms with E-state index in [-0.39, 0.29) is 11.5 Å². The highest BCUT2D eigenvalue weighted by atomic mass is 19.4. The first-order valence-corrected chi connectivity index (χ1v) is 7.09. The zero-order valence-corrected chi connectivity index (χ0v) is 12.8. The number of alkyl halides is 3. The second-order valence-electron chi connectivity index (χ2n) is 4.95. The molecule has 1 aromatic heterocycles. The molecular weight excluding hydrogens is 355 g/mol. The Balaban J connectivity index is 1.76. The lowest BCUT2D eigenvalue weighted by atomic mass is 10.2. The third-order valence-corrected chi connectivity index (χ3v) is 3.14. The minimum Gasteiger partial charge on any atom is -0.449 e. The summed E-state index contributed by atoms with van der Waals surface area (Å²) in [4.78, 5) is 14.6. The van der Waals surface area contributed by atoms with Crippen LogP contribution in [0.25, 0.3) is 17.1 Å². The topological polar surface area (TPSA) is 86.5 Å². The molecule has 0 amide bonds. The van der Waals surface area contributed by atoms with Crippen LogP contribution >= 0.6 is 0 Å². The SMILES string of the molecule is O=C(O)Oc1ccc(-c2ncn(-c3ccc(OC(F)(F)F)cc3)n2)cc1. The van der Waals surface area contributed by atoms with Gasteiger partial charge < -0.3 is 14.6 Å². The first kappa shape index (κ1) is 17.3. The molecule has 0 aliphatic carbocycles. The number of carboxylic acid groups (broad SMARTS) is 1. The Morgan fingerprint density at radius 2 is 1.62 bits per heavy atom. The van der Waals surface area contributed by atoms with Crippen molar-refractivity contribution in [2.45, 2.75) is 6.36 Å². The van der Waals surface area contributed by atoms with Crippen molar-refractivity contribution in [1.82, 2.24) is 14.8 Å². The zero-order valence-electron chi connectivity index (χ0n) is 12.8. The number of ether oxygens (including phenoxy) is 2. The molecule has 3 rings (SSSR count). The Bertz CT molecular complexity index is 906. The summed E-state index contributed by atoms with van der Waals surface area (Å²) in [6.07, 6.45) is -4.77. The highest BCUT2D eigenvalue weighted by Crippen LogP contribution is 2.24. The molecule has 3 aromatic rings. The van der Waals surface area contributed by atoms with Gasteiger partial charge in [-0.05, 0) is 48.5 Å². The lowest BCUT2D eigenvalue weighted by Gasteiger charge is -2.09. The molecular formula is C16H10F3N3O4. The Kier molecular flexibility index (Phi) is 4.48. The van der Waals surface area contributed by atoms with E-state index in [2.05, 4.69) is 19.6 Å². The maximum atomic E-state index is 12.2. The number of benzene rings is 2. The van der Waals surface area contributed by atoms with Gasteiger partial charge in [-0.2, -0.15) is 0 Å². The van der Waals surface area contributed by atoms with Crippen LogP contribution in [-0.4, -0.2) is 32.4 Å². The van der Waals surface area contributed by atoms with E-state index in [1.807, 2.05) is 0 Å². The van der Waals surface area contributed by atoms with Gasteiger partial charge in [0.25, 0.3) is 0 Å². The van der Waals surface area contributed by atoms with E-state index < -0.39 is 12.5 Å². The molecule has 0 aliphatic heterocycles. The molecule has 134 valence electrons. The van der Waals surface area contributed by atoms with Gasteiger partial charge in [0.2, 0.25) is 0 Å². The van der Waals surface area contributed by atoms with Gasteiger partial charge >= 0.3 is 12.5 Å². The standard InChI is InChI=1S/C16H10F3N3O4/c17-16(18,19)26-13-7-3-11(4-8-13)22-9-20-14(21-22)10-1-5-12(6-2-10)25-15(23)24/h1-9H,(H,23,24). The smallest absolute Gasteiger partial charge is 0.449 e. The predicted molar refractivity (Wildman–Crippen MR) is 82.1 cm³/mol. The van der Waals surface area contributed by atoms with Crippen LogP contribution in [0.1, 0.15) is 0 Å². The second-order valence-corrected chi connectivity index (χ2v) is 4.95. The van der Waals surface area contributed by atoms with Gasteiger partial charge in [-0.25, -0.2) is 14.5 Å². The van der Waals surface area contributed by atoms with Gasteiger partial charge in [-0.15, -0.1) is 18.3 Å². The van der Waals surface area contributed by atoms with Crippen molar-refractivity contribution < 1.29 is 32.5 Å². The minimum absolute atomic E-state index is 0.154. The summed E-state index contributed by atoms with van der Waals surface area (Å²) in [6, 6.07) is 11.2. The second kappa shape index (κ2) is 6.75. The maximum absolute atomic E-state index is 12.2. The molecule has 0 saturated heterocycles. The third kappa shape index (κ3) is 4.29. The van der Waals surface area contributed by atoms with E-state index in [1.165, 1.54) is 47.4 Å².